The molecule has 0 saturated heterocycles. The second-order valence-corrected chi connectivity index (χ2v) is 6.90. The number of Topliss-reactive ketones (excluding diaryl/α,β-unsaturated/α-hetero) is 2. The summed E-state index contributed by atoms with van der Waals surface area (Å²) in [5.74, 6) is -3.45. The zero-order valence-corrected chi connectivity index (χ0v) is 15.6. The van der Waals surface area contributed by atoms with Crippen LogP contribution in [0.25, 0.3) is 17.0 Å². The first kappa shape index (κ1) is 18.5. The van der Waals surface area contributed by atoms with Crippen molar-refractivity contribution in [3.8, 4) is 5.75 Å². The number of nitrogens with two attached hydrogens (primary N) is 1. The highest BCUT2D eigenvalue weighted by Crippen LogP contribution is 2.41. The van der Waals surface area contributed by atoms with Crippen LogP contribution in [0.3, 0.4) is 0 Å². The van der Waals surface area contributed by atoms with Gasteiger partial charge in [0.2, 0.25) is 5.78 Å². The number of fused-ring (bicyclic) bond motifs is 3. The van der Waals surface area contributed by atoms with Gasteiger partial charge in [-0.1, -0.05) is 36.9 Å². The molecular formula is C22H18N2O5. The molecule has 7 nitrogen and oxygen atoms in total. The number of hydrogen-bond acceptors (Lipinski definition) is 5. The summed E-state index contributed by atoms with van der Waals surface area (Å²) in [6, 6.07) is 11.1. The van der Waals surface area contributed by atoms with E-state index >= 15 is 0 Å². The van der Waals surface area contributed by atoms with Crippen LogP contribution < -0.4 is 10.5 Å². The third-order valence-electron chi connectivity index (χ3n) is 5.21. The van der Waals surface area contributed by atoms with Crippen molar-refractivity contribution in [3.05, 3.63) is 65.4 Å². The van der Waals surface area contributed by atoms with Crippen LogP contribution >= 0.6 is 0 Å². The minimum atomic E-state index is -1.87. The fourth-order valence-corrected chi connectivity index (χ4v) is 3.60. The predicted octanol–water partition coefficient (Wildman–Crippen LogP) is 2.82. The van der Waals surface area contributed by atoms with Gasteiger partial charge in [-0.15, -0.1) is 0 Å². The number of ether oxygens (including phenoxy) is 1. The SMILES string of the molecule is C=Cc1ccc(Cn2c(C)c(N)c3c4c(ccc32)C(=O)C(=O)C(C(=O)O)O4)cc1. The molecule has 1 unspecified atom stereocenters. The van der Waals surface area contributed by atoms with E-state index in [1.54, 1.807) is 12.1 Å². The van der Waals surface area contributed by atoms with Gasteiger partial charge in [0.15, 0.2) is 0 Å². The maximum atomic E-state index is 12.4. The van der Waals surface area contributed by atoms with Crippen molar-refractivity contribution in [1.29, 1.82) is 0 Å². The van der Waals surface area contributed by atoms with Crippen molar-refractivity contribution >= 4 is 40.2 Å². The molecule has 3 aromatic rings. The van der Waals surface area contributed by atoms with E-state index in [0.29, 0.717) is 23.1 Å². The van der Waals surface area contributed by atoms with Gasteiger partial charge < -0.3 is 20.1 Å². The zero-order valence-electron chi connectivity index (χ0n) is 15.6. The number of hydrogen-bond donors (Lipinski definition) is 2. The van der Waals surface area contributed by atoms with E-state index in [4.69, 9.17) is 10.5 Å². The third kappa shape index (κ3) is 2.79. The highest BCUT2D eigenvalue weighted by atomic mass is 16.5. The Kier molecular flexibility index (Phi) is 4.23. The molecule has 1 aromatic heterocycles. The number of nitrogen functional groups attached to an aromatic ring is 1. The first-order valence-electron chi connectivity index (χ1n) is 8.94. The first-order valence-corrected chi connectivity index (χ1v) is 8.94. The number of aromatic nitrogens is 1. The molecule has 0 saturated carbocycles. The maximum Gasteiger partial charge on any atom is 0.353 e. The number of carboxylic acid groups (broad SMARTS) is 1. The Bertz CT molecular complexity index is 1200. The quantitative estimate of drug-likeness (QED) is 0.523. The van der Waals surface area contributed by atoms with Crippen LogP contribution in [-0.2, 0) is 16.1 Å². The van der Waals surface area contributed by atoms with E-state index in [1.165, 1.54) is 6.07 Å². The number of ketones is 2. The first-order chi connectivity index (χ1) is 13.8. The average molecular weight is 390 g/mol. The highest BCUT2D eigenvalue weighted by Gasteiger charge is 2.41. The van der Waals surface area contributed by atoms with Crippen LogP contribution in [0.1, 0.15) is 27.2 Å². The molecule has 0 bridgehead atoms. The number of carboxylic acids is 1. The Morgan fingerprint density at radius 2 is 1.93 bits per heavy atom. The minimum Gasteiger partial charge on any atom is -0.478 e. The van der Waals surface area contributed by atoms with Crippen LogP contribution in [0, 0.1) is 6.92 Å². The average Bonchev–Trinajstić information content (AvgIpc) is 2.95. The summed E-state index contributed by atoms with van der Waals surface area (Å²) in [7, 11) is 0. The number of anilines is 1. The Morgan fingerprint density at radius 3 is 2.55 bits per heavy atom. The summed E-state index contributed by atoms with van der Waals surface area (Å²) in [6.07, 6.45) is -0.103. The van der Waals surface area contributed by atoms with Gasteiger partial charge >= 0.3 is 5.97 Å². The van der Waals surface area contributed by atoms with E-state index in [-0.39, 0.29) is 11.3 Å². The topological polar surface area (TPSA) is 112 Å². The number of benzene rings is 2. The van der Waals surface area contributed by atoms with Crippen molar-refractivity contribution in [2.24, 2.45) is 0 Å². The largest absolute Gasteiger partial charge is 0.478 e. The maximum absolute atomic E-state index is 12.4. The molecule has 1 aliphatic heterocycles. The van der Waals surface area contributed by atoms with Crippen molar-refractivity contribution in [1.82, 2.24) is 4.57 Å². The summed E-state index contributed by atoms with van der Waals surface area (Å²) in [4.78, 5) is 35.8. The summed E-state index contributed by atoms with van der Waals surface area (Å²) >= 11 is 0. The molecule has 4 rings (SSSR count). The summed E-state index contributed by atoms with van der Waals surface area (Å²) in [5.41, 5.74) is 10.2. The van der Waals surface area contributed by atoms with Crippen molar-refractivity contribution in [3.63, 3.8) is 0 Å². The van der Waals surface area contributed by atoms with E-state index in [9.17, 15) is 19.5 Å². The van der Waals surface area contributed by atoms with E-state index in [1.807, 2.05) is 35.8 Å². The molecule has 0 spiro atoms. The van der Waals surface area contributed by atoms with Gasteiger partial charge in [0.05, 0.1) is 22.2 Å². The van der Waals surface area contributed by atoms with Crippen LogP contribution in [0.4, 0.5) is 5.69 Å². The van der Waals surface area contributed by atoms with Gasteiger partial charge in [0.1, 0.15) is 5.75 Å². The molecule has 2 aromatic carbocycles. The normalized spacial score (nSPS) is 15.8. The highest BCUT2D eigenvalue weighted by molar-refractivity contribution is 6.49. The molecule has 146 valence electrons. The molecule has 2 heterocycles. The fourth-order valence-electron chi connectivity index (χ4n) is 3.60. The van der Waals surface area contributed by atoms with Crippen molar-refractivity contribution in [2.75, 3.05) is 5.73 Å². The molecule has 0 fully saturated rings. The van der Waals surface area contributed by atoms with Gasteiger partial charge in [-0.25, -0.2) is 4.79 Å². The zero-order chi connectivity index (χ0) is 20.9. The van der Waals surface area contributed by atoms with Crippen LogP contribution in [0.15, 0.2) is 43.0 Å². The lowest BCUT2D eigenvalue weighted by molar-refractivity contribution is -0.149. The molecular weight excluding hydrogens is 372 g/mol. The lowest BCUT2D eigenvalue weighted by Crippen LogP contribution is -2.43. The molecule has 29 heavy (non-hydrogen) atoms. The fraction of sp³-hybridized carbons (Fsp3) is 0.136. The molecule has 0 radical (unpaired) electrons. The third-order valence-corrected chi connectivity index (χ3v) is 5.21. The van der Waals surface area contributed by atoms with E-state index in [2.05, 4.69) is 6.58 Å². The summed E-state index contributed by atoms with van der Waals surface area (Å²) < 4.78 is 7.41. The molecule has 3 N–H and O–H groups in total. The minimum absolute atomic E-state index is 0.0270. The number of nitrogens with zero attached hydrogens (tertiary/aromatic N) is 1. The van der Waals surface area contributed by atoms with E-state index < -0.39 is 23.6 Å². The molecule has 0 aliphatic carbocycles. The Hall–Kier alpha value is -3.87. The Labute approximate surface area is 166 Å². The molecule has 1 atom stereocenters. The van der Waals surface area contributed by atoms with Crippen LogP contribution in [-0.4, -0.2) is 33.3 Å². The monoisotopic (exact) mass is 390 g/mol. The van der Waals surface area contributed by atoms with Gasteiger partial charge in [0.25, 0.3) is 11.9 Å². The van der Waals surface area contributed by atoms with Crippen molar-refractivity contribution in [2.45, 2.75) is 19.6 Å². The standard InChI is InChI=1S/C22H18N2O5/c1-3-12-4-6-13(7-5-12)10-24-11(2)17(23)16-15(24)9-8-14-18(25)19(26)21(22(27)28)29-20(14)16/h3-9,21H,1,10,23H2,2H3,(H,27,28). The molecule has 1 aliphatic rings. The lowest BCUT2D eigenvalue weighted by atomic mass is 9.97. The van der Waals surface area contributed by atoms with Crippen molar-refractivity contribution < 1.29 is 24.2 Å². The predicted molar refractivity (Wildman–Crippen MR) is 108 cm³/mol. The van der Waals surface area contributed by atoms with Crippen LogP contribution in [0.5, 0.6) is 5.75 Å². The second-order valence-electron chi connectivity index (χ2n) is 6.90. The summed E-state index contributed by atoms with van der Waals surface area (Å²) in [6.45, 7) is 6.10. The number of carbonyl (C=O) groups is 3. The second kappa shape index (κ2) is 6.63. The number of rotatable bonds is 4. The molecule has 7 heteroatoms. The smallest absolute Gasteiger partial charge is 0.353 e. The Morgan fingerprint density at radius 1 is 1.24 bits per heavy atom. The van der Waals surface area contributed by atoms with Gasteiger partial charge in [-0.05, 0) is 30.2 Å². The summed E-state index contributed by atoms with van der Waals surface area (Å²) in [5, 5.41) is 9.69. The Balaban J connectivity index is 1.87. The van der Waals surface area contributed by atoms with Crippen LogP contribution in [0.2, 0.25) is 0 Å². The van der Waals surface area contributed by atoms with Gasteiger partial charge in [0, 0.05) is 12.2 Å². The lowest BCUT2D eigenvalue weighted by Gasteiger charge is -2.22. The number of aliphatic carboxylic acids is 1. The number of carbonyl (C=O) groups excluding carboxylic acids is 2. The van der Waals surface area contributed by atoms with E-state index in [0.717, 1.165) is 16.8 Å². The van der Waals surface area contributed by atoms with Gasteiger partial charge in [-0.2, -0.15) is 0 Å². The van der Waals surface area contributed by atoms with Gasteiger partial charge in [-0.3, -0.25) is 9.59 Å². The molecule has 0 amide bonds.